The number of carbonyl (C=O) groups is 1. The molecular weight excluding hydrogens is 389 g/mol. The van der Waals surface area contributed by atoms with E-state index in [1.165, 1.54) is 18.2 Å². The Hall–Kier alpha value is -2.34. The lowest BCUT2D eigenvalue weighted by molar-refractivity contribution is -0.130. The highest BCUT2D eigenvalue weighted by Crippen LogP contribution is 2.39. The van der Waals surface area contributed by atoms with Gasteiger partial charge in [-0.15, -0.1) is 0 Å². The average Bonchev–Trinajstić information content (AvgIpc) is 2.92. The van der Waals surface area contributed by atoms with Crippen LogP contribution in [0.1, 0.15) is 43.2 Å². The first-order valence-electron chi connectivity index (χ1n) is 10.7. The van der Waals surface area contributed by atoms with Crippen molar-refractivity contribution in [3.63, 3.8) is 0 Å². The standard InChI is InChI=1S/C24H27F3N2O/c25-20-5-1-4-18(12-20)17-29-10-3-7-24(29)6-2-9-28(11-8-24)23(30)15-19-13-21(26)16-22(27)14-19/h1,4-5,12-14,16H,2-3,6-11,15,17H2/t24-/m0/s1. The number of carbonyl (C=O) groups excluding carboxylic acids is 1. The van der Waals surface area contributed by atoms with Gasteiger partial charge in [0.1, 0.15) is 17.5 Å². The summed E-state index contributed by atoms with van der Waals surface area (Å²) in [5.74, 6) is -1.63. The van der Waals surface area contributed by atoms with Gasteiger partial charge in [0.2, 0.25) is 5.91 Å². The molecule has 30 heavy (non-hydrogen) atoms. The highest BCUT2D eigenvalue weighted by Gasteiger charge is 2.42. The van der Waals surface area contributed by atoms with Crippen molar-refractivity contribution in [2.24, 2.45) is 0 Å². The van der Waals surface area contributed by atoms with Crippen LogP contribution in [-0.2, 0) is 17.8 Å². The maximum Gasteiger partial charge on any atom is 0.226 e. The van der Waals surface area contributed by atoms with Gasteiger partial charge in [0, 0.05) is 31.2 Å². The summed E-state index contributed by atoms with van der Waals surface area (Å²) in [5.41, 5.74) is 1.37. The summed E-state index contributed by atoms with van der Waals surface area (Å²) >= 11 is 0. The van der Waals surface area contributed by atoms with E-state index in [1.54, 1.807) is 12.1 Å². The van der Waals surface area contributed by atoms with Crippen molar-refractivity contribution in [1.29, 1.82) is 0 Å². The third-order valence-corrected chi connectivity index (χ3v) is 6.55. The molecule has 3 nitrogen and oxygen atoms in total. The van der Waals surface area contributed by atoms with Crippen LogP contribution in [-0.4, -0.2) is 40.9 Å². The fourth-order valence-corrected chi connectivity index (χ4v) is 5.09. The van der Waals surface area contributed by atoms with Gasteiger partial charge >= 0.3 is 0 Å². The Morgan fingerprint density at radius 2 is 1.53 bits per heavy atom. The number of amides is 1. The molecule has 2 aromatic carbocycles. The van der Waals surface area contributed by atoms with Crippen LogP contribution < -0.4 is 0 Å². The van der Waals surface area contributed by atoms with Gasteiger partial charge in [-0.05, 0) is 74.0 Å². The van der Waals surface area contributed by atoms with Crippen LogP contribution in [0.3, 0.4) is 0 Å². The highest BCUT2D eigenvalue weighted by atomic mass is 19.1. The lowest BCUT2D eigenvalue weighted by Crippen LogP contribution is -2.44. The molecule has 1 spiro atoms. The smallest absolute Gasteiger partial charge is 0.226 e. The van der Waals surface area contributed by atoms with Crippen molar-refractivity contribution in [3.05, 3.63) is 71.0 Å². The third kappa shape index (κ3) is 4.69. The summed E-state index contributed by atoms with van der Waals surface area (Å²) in [7, 11) is 0. The maximum absolute atomic E-state index is 13.6. The lowest BCUT2D eigenvalue weighted by atomic mass is 9.87. The predicted octanol–water partition coefficient (Wildman–Crippen LogP) is 4.69. The molecule has 160 valence electrons. The molecule has 2 saturated heterocycles. The predicted molar refractivity (Wildman–Crippen MR) is 109 cm³/mol. The van der Waals surface area contributed by atoms with E-state index < -0.39 is 11.6 Å². The second-order valence-electron chi connectivity index (χ2n) is 8.57. The summed E-state index contributed by atoms with van der Waals surface area (Å²) in [6.07, 6.45) is 4.95. The van der Waals surface area contributed by atoms with Gasteiger partial charge in [0.15, 0.2) is 0 Å². The van der Waals surface area contributed by atoms with Gasteiger partial charge in [-0.1, -0.05) is 12.1 Å². The molecule has 2 aliphatic heterocycles. The van der Waals surface area contributed by atoms with Gasteiger partial charge in [0.25, 0.3) is 0 Å². The number of hydrogen-bond acceptors (Lipinski definition) is 2. The molecule has 2 heterocycles. The first-order valence-corrected chi connectivity index (χ1v) is 10.7. The molecule has 0 saturated carbocycles. The summed E-state index contributed by atoms with van der Waals surface area (Å²) in [5, 5.41) is 0. The Kier molecular flexibility index (Phi) is 6.14. The number of halogens is 3. The molecule has 1 amide bonds. The van der Waals surface area contributed by atoms with Gasteiger partial charge in [-0.2, -0.15) is 0 Å². The molecule has 2 aromatic rings. The van der Waals surface area contributed by atoms with Crippen LogP contribution >= 0.6 is 0 Å². The van der Waals surface area contributed by atoms with Gasteiger partial charge in [0.05, 0.1) is 6.42 Å². The minimum absolute atomic E-state index is 0.00862. The van der Waals surface area contributed by atoms with E-state index in [1.807, 2.05) is 11.0 Å². The molecule has 6 heteroatoms. The number of nitrogens with zero attached hydrogens (tertiary/aromatic N) is 2. The van der Waals surface area contributed by atoms with Crippen molar-refractivity contribution < 1.29 is 18.0 Å². The molecule has 4 rings (SSSR count). The van der Waals surface area contributed by atoms with Crippen molar-refractivity contribution in [2.45, 2.75) is 50.6 Å². The van der Waals surface area contributed by atoms with E-state index >= 15 is 0 Å². The number of likely N-dealkylation sites (tertiary alicyclic amines) is 2. The van der Waals surface area contributed by atoms with E-state index in [2.05, 4.69) is 4.90 Å². The molecule has 0 radical (unpaired) electrons. The summed E-state index contributed by atoms with van der Waals surface area (Å²) in [6.45, 7) is 2.99. The molecule has 0 aliphatic carbocycles. The third-order valence-electron chi connectivity index (χ3n) is 6.55. The minimum atomic E-state index is -0.661. The van der Waals surface area contributed by atoms with E-state index in [4.69, 9.17) is 0 Å². The lowest BCUT2D eigenvalue weighted by Gasteiger charge is -2.38. The maximum atomic E-state index is 13.6. The fraction of sp³-hybridized carbons (Fsp3) is 0.458. The Labute approximate surface area is 175 Å². The molecule has 0 bridgehead atoms. The van der Waals surface area contributed by atoms with Gasteiger partial charge < -0.3 is 4.90 Å². The summed E-state index contributed by atoms with van der Waals surface area (Å²) in [4.78, 5) is 17.1. The monoisotopic (exact) mass is 416 g/mol. The zero-order valence-corrected chi connectivity index (χ0v) is 17.0. The molecule has 2 aliphatic rings. The van der Waals surface area contributed by atoms with Crippen LogP contribution in [0.15, 0.2) is 42.5 Å². The van der Waals surface area contributed by atoms with E-state index in [0.717, 1.165) is 50.3 Å². The Morgan fingerprint density at radius 1 is 0.833 bits per heavy atom. The van der Waals surface area contributed by atoms with Crippen molar-refractivity contribution in [1.82, 2.24) is 9.80 Å². The minimum Gasteiger partial charge on any atom is -0.342 e. The second kappa shape index (κ2) is 8.80. The van der Waals surface area contributed by atoms with Crippen LogP contribution in [0, 0.1) is 17.5 Å². The Balaban J connectivity index is 1.41. The molecule has 0 unspecified atom stereocenters. The first kappa shape index (κ1) is 20.9. The summed E-state index contributed by atoms with van der Waals surface area (Å²) < 4.78 is 40.5. The number of benzene rings is 2. The first-order chi connectivity index (χ1) is 14.4. The normalized spacial score (nSPS) is 22.4. The van der Waals surface area contributed by atoms with Crippen LogP contribution in [0.25, 0.3) is 0 Å². The zero-order valence-electron chi connectivity index (χ0n) is 17.0. The zero-order chi connectivity index (χ0) is 21.1. The summed E-state index contributed by atoms with van der Waals surface area (Å²) in [6, 6.07) is 10.0. The van der Waals surface area contributed by atoms with Gasteiger partial charge in [-0.3, -0.25) is 9.69 Å². The molecule has 2 fully saturated rings. The SMILES string of the molecule is O=C(Cc1cc(F)cc(F)c1)N1CCC[C@]2(CCCN2Cc2cccc(F)c2)CC1. The largest absolute Gasteiger partial charge is 0.342 e. The van der Waals surface area contributed by atoms with Crippen molar-refractivity contribution >= 4 is 5.91 Å². The number of rotatable bonds is 4. The van der Waals surface area contributed by atoms with E-state index in [-0.39, 0.29) is 23.7 Å². The molecule has 0 aromatic heterocycles. The Bertz CT molecular complexity index is 899. The van der Waals surface area contributed by atoms with Crippen molar-refractivity contribution in [3.8, 4) is 0 Å². The van der Waals surface area contributed by atoms with Gasteiger partial charge in [-0.25, -0.2) is 13.2 Å². The average molecular weight is 416 g/mol. The van der Waals surface area contributed by atoms with Crippen LogP contribution in [0.2, 0.25) is 0 Å². The number of hydrogen-bond donors (Lipinski definition) is 0. The second-order valence-corrected chi connectivity index (χ2v) is 8.57. The van der Waals surface area contributed by atoms with E-state index in [9.17, 15) is 18.0 Å². The van der Waals surface area contributed by atoms with Crippen molar-refractivity contribution in [2.75, 3.05) is 19.6 Å². The quantitative estimate of drug-likeness (QED) is 0.722. The fourth-order valence-electron chi connectivity index (χ4n) is 5.09. The van der Waals surface area contributed by atoms with E-state index in [0.29, 0.717) is 25.2 Å². The topological polar surface area (TPSA) is 23.6 Å². The van der Waals surface area contributed by atoms with Crippen LogP contribution in [0.5, 0.6) is 0 Å². The highest BCUT2D eigenvalue weighted by molar-refractivity contribution is 5.78. The Morgan fingerprint density at radius 3 is 2.27 bits per heavy atom. The molecule has 1 atom stereocenters. The van der Waals surface area contributed by atoms with Crippen LogP contribution in [0.4, 0.5) is 13.2 Å². The molecule has 0 N–H and O–H groups in total. The molecular formula is C24H27F3N2O.